The predicted octanol–water partition coefficient (Wildman–Crippen LogP) is 5.51. The summed E-state index contributed by atoms with van der Waals surface area (Å²) in [4.78, 5) is 23.0. The van der Waals surface area contributed by atoms with E-state index in [1.165, 1.54) is 23.1 Å². The minimum Gasteiger partial charge on any atom is -0.418 e. The number of nitrogens with zero attached hydrogens (tertiary/aromatic N) is 4. The Morgan fingerprint density at radius 2 is 2.20 bits per heavy atom. The Labute approximate surface area is 190 Å². The first kappa shape index (κ1) is 21.2. The van der Waals surface area contributed by atoms with Gasteiger partial charge in [-0.1, -0.05) is 48.0 Å². The Kier molecular flexibility index (Phi) is 6.62. The van der Waals surface area contributed by atoms with Crippen LogP contribution in [-0.4, -0.2) is 43.3 Å². The van der Waals surface area contributed by atoms with Crippen LogP contribution in [0.5, 0.6) is 0 Å². The molecule has 0 radical (unpaired) electrons. The number of aromatic nitrogens is 4. The maximum atomic E-state index is 12.8. The number of imidazole rings is 1. The third-order valence-corrected chi connectivity index (χ3v) is 6.41. The average Bonchev–Trinajstić information content (AvgIpc) is 3.45. The first-order valence-electron chi connectivity index (χ1n) is 9.15. The van der Waals surface area contributed by atoms with Crippen LogP contribution in [0.3, 0.4) is 0 Å². The Balaban J connectivity index is 1.42. The van der Waals surface area contributed by atoms with E-state index in [0.717, 1.165) is 16.8 Å². The number of rotatable bonds is 8. The highest BCUT2D eigenvalue weighted by Crippen LogP contribution is 2.29. The van der Waals surface area contributed by atoms with Crippen molar-refractivity contribution in [2.75, 3.05) is 12.3 Å². The standard InChI is InChI=1S/C19H17Cl2N5O2S2/c1-2-5-26(9-15-24-25-18(28-15)14-4-3-6-29-14)16(27)10-30-19-22-13-8-11(20)7-12(21)17(13)23-19/h3-4,6-8H,2,5,9-10H2,1H3,(H,22,23). The van der Waals surface area contributed by atoms with Crippen LogP contribution < -0.4 is 0 Å². The van der Waals surface area contributed by atoms with E-state index in [1.807, 2.05) is 24.4 Å². The molecule has 1 amide bonds. The number of H-pyrrole nitrogens is 1. The van der Waals surface area contributed by atoms with Gasteiger partial charge in [0.15, 0.2) is 5.16 Å². The van der Waals surface area contributed by atoms with Crippen molar-refractivity contribution in [3.8, 4) is 10.8 Å². The lowest BCUT2D eigenvalue weighted by molar-refractivity contribution is -0.129. The van der Waals surface area contributed by atoms with E-state index in [2.05, 4.69) is 20.2 Å². The predicted molar refractivity (Wildman–Crippen MR) is 120 cm³/mol. The van der Waals surface area contributed by atoms with Crippen LogP contribution in [0.25, 0.3) is 21.8 Å². The van der Waals surface area contributed by atoms with Gasteiger partial charge in [-0.15, -0.1) is 21.5 Å². The smallest absolute Gasteiger partial charge is 0.257 e. The number of aromatic amines is 1. The number of thioether (sulfide) groups is 1. The zero-order valence-electron chi connectivity index (χ0n) is 15.9. The van der Waals surface area contributed by atoms with Gasteiger partial charge in [0.2, 0.25) is 11.8 Å². The molecule has 11 heteroatoms. The molecule has 7 nitrogen and oxygen atoms in total. The maximum absolute atomic E-state index is 12.8. The summed E-state index contributed by atoms with van der Waals surface area (Å²) >= 11 is 15.1. The molecule has 0 saturated carbocycles. The van der Waals surface area contributed by atoms with Crippen LogP contribution in [0, 0.1) is 0 Å². The van der Waals surface area contributed by atoms with Gasteiger partial charge >= 0.3 is 0 Å². The molecular formula is C19H17Cl2N5O2S2. The number of carbonyl (C=O) groups excluding carboxylic acids is 1. The van der Waals surface area contributed by atoms with Crippen molar-refractivity contribution in [2.45, 2.75) is 25.0 Å². The molecule has 0 unspecified atom stereocenters. The number of hydrogen-bond acceptors (Lipinski definition) is 7. The fourth-order valence-corrected chi connectivity index (χ4v) is 4.81. The summed E-state index contributed by atoms with van der Waals surface area (Å²) in [5.41, 5.74) is 1.37. The quantitative estimate of drug-likeness (QED) is 0.333. The van der Waals surface area contributed by atoms with E-state index in [0.29, 0.717) is 39.0 Å². The van der Waals surface area contributed by atoms with Crippen molar-refractivity contribution in [3.05, 3.63) is 45.6 Å². The fraction of sp³-hybridized carbons (Fsp3) is 0.263. The van der Waals surface area contributed by atoms with Crippen LogP contribution in [0.15, 0.2) is 39.2 Å². The largest absolute Gasteiger partial charge is 0.418 e. The summed E-state index contributed by atoms with van der Waals surface area (Å²) in [6, 6.07) is 7.24. The molecule has 3 heterocycles. The lowest BCUT2D eigenvalue weighted by Crippen LogP contribution is -2.32. The topological polar surface area (TPSA) is 87.9 Å². The molecule has 0 atom stereocenters. The molecule has 1 aromatic carbocycles. The van der Waals surface area contributed by atoms with Crippen molar-refractivity contribution in [2.24, 2.45) is 0 Å². The number of fused-ring (bicyclic) bond motifs is 1. The number of halogens is 2. The molecule has 3 aromatic heterocycles. The van der Waals surface area contributed by atoms with Crippen LogP contribution >= 0.6 is 46.3 Å². The summed E-state index contributed by atoms with van der Waals surface area (Å²) in [6.45, 7) is 2.88. The molecule has 0 saturated heterocycles. The lowest BCUT2D eigenvalue weighted by Gasteiger charge is -2.19. The third kappa shape index (κ3) is 4.80. The lowest BCUT2D eigenvalue weighted by atomic mass is 10.3. The summed E-state index contributed by atoms with van der Waals surface area (Å²) < 4.78 is 5.72. The van der Waals surface area contributed by atoms with E-state index in [1.54, 1.807) is 17.0 Å². The van der Waals surface area contributed by atoms with Gasteiger partial charge in [-0.2, -0.15) is 0 Å². The van der Waals surface area contributed by atoms with E-state index < -0.39 is 0 Å². The highest BCUT2D eigenvalue weighted by Gasteiger charge is 2.19. The highest BCUT2D eigenvalue weighted by molar-refractivity contribution is 7.99. The SMILES string of the molecule is CCCN(Cc1nnc(-c2cccs2)o1)C(=O)CSc1nc2c(Cl)cc(Cl)cc2[nH]1. The molecule has 30 heavy (non-hydrogen) atoms. The van der Waals surface area contributed by atoms with E-state index in [9.17, 15) is 4.79 Å². The molecular weight excluding hydrogens is 465 g/mol. The molecule has 0 bridgehead atoms. The Hall–Kier alpha value is -2.07. The number of benzene rings is 1. The van der Waals surface area contributed by atoms with Gasteiger partial charge in [0.05, 0.1) is 27.7 Å². The van der Waals surface area contributed by atoms with Crippen molar-refractivity contribution in [1.82, 2.24) is 25.1 Å². The van der Waals surface area contributed by atoms with Crippen LogP contribution in [0.4, 0.5) is 0 Å². The zero-order valence-corrected chi connectivity index (χ0v) is 19.0. The van der Waals surface area contributed by atoms with Crippen LogP contribution in [0.2, 0.25) is 10.0 Å². The summed E-state index contributed by atoms with van der Waals surface area (Å²) in [5.74, 6) is 1.06. The Morgan fingerprint density at radius 3 is 2.97 bits per heavy atom. The summed E-state index contributed by atoms with van der Waals surface area (Å²) in [5, 5.41) is 11.7. The zero-order chi connectivity index (χ0) is 21.1. The minimum absolute atomic E-state index is 0.0395. The Bertz CT molecular complexity index is 1160. The number of thiophene rings is 1. The molecule has 0 aliphatic heterocycles. The highest BCUT2D eigenvalue weighted by atomic mass is 35.5. The third-order valence-electron chi connectivity index (χ3n) is 4.19. The van der Waals surface area contributed by atoms with Crippen molar-refractivity contribution in [3.63, 3.8) is 0 Å². The number of carbonyl (C=O) groups is 1. The van der Waals surface area contributed by atoms with Gasteiger partial charge in [0, 0.05) is 11.6 Å². The molecule has 0 fully saturated rings. The van der Waals surface area contributed by atoms with Gasteiger partial charge in [0.25, 0.3) is 5.89 Å². The number of hydrogen-bond donors (Lipinski definition) is 1. The summed E-state index contributed by atoms with van der Waals surface area (Å²) in [6.07, 6.45) is 0.821. The van der Waals surface area contributed by atoms with Gasteiger partial charge in [-0.3, -0.25) is 4.79 Å². The van der Waals surface area contributed by atoms with Crippen LogP contribution in [0.1, 0.15) is 19.2 Å². The average molecular weight is 482 g/mol. The monoisotopic (exact) mass is 481 g/mol. The van der Waals surface area contributed by atoms with E-state index in [4.69, 9.17) is 27.6 Å². The number of nitrogens with one attached hydrogen (secondary N) is 1. The molecule has 156 valence electrons. The van der Waals surface area contributed by atoms with Gasteiger partial charge < -0.3 is 14.3 Å². The van der Waals surface area contributed by atoms with Crippen molar-refractivity contribution >= 4 is 63.2 Å². The van der Waals surface area contributed by atoms with Gasteiger partial charge in [0.1, 0.15) is 5.52 Å². The molecule has 1 N–H and O–H groups in total. The first-order chi connectivity index (χ1) is 14.5. The summed E-state index contributed by atoms with van der Waals surface area (Å²) in [7, 11) is 0. The molecule has 4 rings (SSSR count). The second-order valence-corrected chi connectivity index (χ2v) is 9.16. The molecule has 0 aliphatic rings. The van der Waals surface area contributed by atoms with Crippen molar-refractivity contribution < 1.29 is 9.21 Å². The molecule has 0 spiro atoms. The molecule has 0 aliphatic carbocycles. The molecule has 4 aromatic rings. The second-order valence-electron chi connectivity index (χ2n) is 6.41. The van der Waals surface area contributed by atoms with E-state index >= 15 is 0 Å². The number of amides is 1. The second kappa shape index (κ2) is 9.38. The normalized spacial score (nSPS) is 11.3. The Morgan fingerprint density at radius 1 is 1.33 bits per heavy atom. The van der Waals surface area contributed by atoms with Crippen LogP contribution in [-0.2, 0) is 11.3 Å². The maximum Gasteiger partial charge on any atom is 0.257 e. The fourth-order valence-electron chi connectivity index (χ4n) is 2.85. The van der Waals surface area contributed by atoms with Gasteiger partial charge in [-0.05, 0) is 30.0 Å². The van der Waals surface area contributed by atoms with E-state index in [-0.39, 0.29) is 18.2 Å². The van der Waals surface area contributed by atoms with Gasteiger partial charge in [-0.25, -0.2) is 4.98 Å². The minimum atomic E-state index is -0.0395. The van der Waals surface area contributed by atoms with Crippen molar-refractivity contribution in [1.29, 1.82) is 0 Å². The first-order valence-corrected chi connectivity index (χ1v) is 11.8.